The van der Waals surface area contributed by atoms with Gasteiger partial charge in [0.1, 0.15) is 11.6 Å². The van der Waals surface area contributed by atoms with Crippen molar-refractivity contribution in [2.75, 3.05) is 5.32 Å². The summed E-state index contributed by atoms with van der Waals surface area (Å²) in [6, 6.07) is 13.4. The van der Waals surface area contributed by atoms with Gasteiger partial charge in [-0.2, -0.15) is 18.4 Å². The van der Waals surface area contributed by atoms with E-state index in [1.165, 1.54) is 18.2 Å². The highest BCUT2D eigenvalue weighted by Gasteiger charge is 2.33. The molecule has 0 spiro atoms. The number of benzene rings is 2. The molecule has 0 fully saturated rings. The van der Waals surface area contributed by atoms with Crippen LogP contribution in [-0.2, 0) is 11.0 Å². The third kappa shape index (κ3) is 4.23. The van der Waals surface area contributed by atoms with Crippen molar-refractivity contribution in [1.82, 2.24) is 0 Å². The number of para-hydroxylation sites is 1. The minimum Gasteiger partial charge on any atom is -0.321 e. The maximum Gasteiger partial charge on any atom is 0.418 e. The number of alkyl halides is 3. The van der Waals surface area contributed by atoms with Gasteiger partial charge in [-0.3, -0.25) is 4.79 Å². The van der Waals surface area contributed by atoms with Crippen molar-refractivity contribution >= 4 is 17.7 Å². The lowest BCUT2D eigenvalue weighted by Gasteiger charge is -2.13. The van der Waals surface area contributed by atoms with E-state index >= 15 is 0 Å². The SMILES string of the molecule is Cc1ccc(C=C(C#N)C(=O)Nc2ccccc2C(F)(F)F)cc1. The summed E-state index contributed by atoms with van der Waals surface area (Å²) in [5.74, 6) is -0.894. The molecular weight excluding hydrogens is 317 g/mol. The largest absolute Gasteiger partial charge is 0.418 e. The number of amides is 1. The zero-order valence-electron chi connectivity index (χ0n) is 12.7. The van der Waals surface area contributed by atoms with Crippen LogP contribution in [0, 0.1) is 18.3 Å². The third-order valence-corrected chi connectivity index (χ3v) is 3.23. The number of nitrogens with one attached hydrogen (secondary N) is 1. The van der Waals surface area contributed by atoms with Crippen molar-refractivity contribution in [2.45, 2.75) is 13.1 Å². The summed E-state index contributed by atoms with van der Waals surface area (Å²) < 4.78 is 38.8. The Kier molecular flexibility index (Phi) is 5.05. The molecule has 0 heterocycles. The van der Waals surface area contributed by atoms with Gasteiger partial charge in [-0.05, 0) is 30.7 Å². The van der Waals surface area contributed by atoms with Gasteiger partial charge in [0, 0.05) is 0 Å². The molecule has 0 unspecified atom stereocenters. The van der Waals surface area contributed by atoms with Crippen molar-refractivity contribution in [3.05, 3.63) is 70.8 Å². The molecule has 0 aliphatic carbocycles. The average Bonchev–Trinajstić information content (AvgIpc) is 2.53. The lowest BCUT2D eigenvalue weighted by molar-refractivity contribution is -0.136. The van der Waals surface area contributed by atoms with Crippen LogP contribution in [-0.4, -0.2) is 5.91 Å². The second-order valence-electron chi connectivity index (χ2n) is 5.08. The van der Waals surface area contributed by atoms with Crippen molar-refractivity contribution in [2.24, 2.45) is 0 Å². The summed E-state index contributed by atoms with van der Waals surface area (Å²) >= 11 is 0. The first-order valence-electron chi connectivity index (χ1n) is 6.97. The van der Waals surface area contributed by atoms with Crippen LogP contribution in [0.15, 0.2) is 54.1 Å². The van der Waals surface area contributed by atoms with E-state index in [0.29, 0.717) is 5.56 Å². The molecule has 0 aromatic heterocycles. The second kappa shape index (κ2) is 7.01. The smallest absolute Gasteiger partial charge is 0.321 e. The van der Waals surface area contributed by atoms with Gasteiger partial charge in [0.15, 0.2) is 0 Å². The fraction of sp³-hybridized carbons (Fsp3) is 0.111. The van der Waals surface area contributed by atoms with E-state index < -0.39 is 17.6 Å². The molecule has 2 rings (SSSR count). The Balaban J connectivity index is 2.28. The first kappa shape index (κ1) is 17.3. The monoisotopic (exact) mass is 330 g/mol. The second-order valence-corrected chi connectivity index (χ2v) is 5.08. The van der Waals surface area contributed by atoms with Gasteiger partial charge in [0.2, 0.25) is 0 Å². The Morgan fingerprint density at radius 1 is 1.12 bits per heavy atom. The molecule has 0 aliphatic heterocycles. The number of halogens is 3. The standard InChI is InChI=1S/C18H13F3N2O/c1-12-6-8-13(9-7-12)10-14(11-22)17(24)23-16-5-3-2-4-15(16)18(19,20)21/h2-10H,1H3,(H,23,24). The van der Waals surface area contributed by atoms with Gasteiger partial charge >= 0.3 is 6.18 Å². The van der Waals surface area contributed by atoms with E-state index in [1.54, 1.807) is 30.3 Å². The van der Waals surface area contributed by atoms with E-state index in [9.17, 15) is 18.0 Å². The lowest BCUT2D eigenvalue weighted by atomic mass is 10.1. The third-order valence-electron chi connectivity index (χ3n) is 3.23. The molecule has 2 aromatic carbocycles. The average molecular weight is 330 g/mol. The molecule has 0 aliphatic rings. The van der Waals surface area contributed by atoms with Gasteiger partial charge in [0.25, 0.3) is 5.91 Å². The first-order valence-corrected chi connectivity index (χ1v) is 6.97. The van der Waals surface area contributed by atoms with Crippen molar-refractivity contribution in [1.29, 1.82) is 5.26 Å². The number of anilines is 1. The summed E-state index contributed by atoms with van der Waals surface area (Å²) in [7, 11) is 0. The number of rotatable bonds is 3. The summed E-state index contributed by atoms with van der Waals surface area (Å²) in [4.78, 5) is 12.1. The predicted octanol–water partition coefficient (Wildman–Crippen LogP) is 4.56. The maximum absolute atomic E-state index is 12.9. The molecule has 1 N–H and O–H groups in total. The number of aryl methyl sites for hydroxylation is 1. The topological polar surface area (TPSA) is 52.9 Å². The van der Waals surface area contributed by atoms with Gasteiger partial charge in [-0.15, -0.1) is 0 Å². The fourth-order valence-corrected chi connectivity index (χ4v) is 2.01. The fourth-order valence-electron chi connectivity index (χ4n) is 2.01. The van der Waals surface area contributed by atoms with Crippen LogP contribution in [0.5, 0.6) is 0 Å². The highest BCUT2D eigenvalue weighted by molar-refractivity contribution is 6.10. The van der Waals surface area contributed by atoms with Crippen LogP contribution in [0.2, 0.25) is 0 Å². The van der Waals surface area contributed by atoms with Crippen LogP contribution < -0.4 is 5.32 Å². The minimum absolute atomic E-state index is 0.282. The first-order chi connectivity index (χ1) is 11.3. The number of nitriles is 1. The molecule has 24 heavy (non-hydrogen) atoms. The normalized spacial score (nSPS) is 11.7. The number of carbonyl (C=O) groups is 1. The van der Waals surface area contributed by atoms with Gasteiger partial charge in [-0.25, -0.2) is 0 Å². The Morgan fingerprint density at radius 2 is 1.75 bits per heavy atom. The summed E-state index contributed by atoms with van der Waals surface area (Å²) in [6.45, 7) is 1.89. The van der Waals surface area contributed by atoms with E-state index in [-0.39, 0.29) is 11.3 Å². The van der Waals surface area contributed by atoms with Crippen LogP contribution in [0.3, 0.4) is 0 Å². The zero-order valence-corrected chi connectivity index (χ0v) is 12.7. The quantitative estimate of drug-likeness (QED) is 0.662. The number of hydrogen-bond donors (Lipinski definition) is 1. The van der Waals surface area contributed by atoms with E-state index in [4.69, 9.17) is 5.26 Å². The van der Waals surface area contributed by atoms with Gasteiger partial charge in [0.05, 0.1) is 11.3 Å². The molecule has 122 valence electrons. The molecule has 2 aromatic rings. The summed E-state index contributed by atoms with van der Waals surface area (Å²) in [5.41, 5.74) is -0.0208. The van der Waals surface area contributed by atoms with Crippen molar-refractivity contribution in [3.63, 3.8) is 0 Å². The zero-order chi connectivity index (χ0) is 17.7. The van der Waals surface area contributed by atoms with E-state index in [0.717, 1.165) is 17.7 Å². The lowest BCUT2D eigenvalue weighted by Crippen LogP contribution is -2.17. The summed E-state index contributed by atoms with van der Waals surface area (Å²) in [6.07, 6.45) is -3.28. The van der Waals surface area contributed by atoms with Crippen molar-refractivity contribution < 1.29 is 18.0 Å². The molecule has 0 atom stereocenters. The highest BCUT2D eigenvalue weighted by atomic mass is 19.4. The molecule has 1 amide bonds. The van der Waals surface area contributed by atoms with Crippen LogP contribution in [0.1, 0.15) is 16.7 Å². The molecule has 0 radical (unpaired) electrons. The summed E-state index contributed by atoms with van der Waals surface area (Å²) in [5, 5.41) is 11.3. The Bertz CT molecular complexity index is 815. The maximum atomic E-state index is 12.9. The number of carbonyl (C=O) groups excluding carboxylic acids is 1. The van der Waals surface area contributed by atoms with Crippen LogP contribution >= 0.6 is 0 Å². The molecule has 0 saturated carbocycles. The molecule has 3 nitrogen and oxygen atoms in total. The van der Waals surface area contributed by atoms with Crippen LogP contribution in [0.25, 0.3) is 6.08 Å². The van der Waals surface area contributed by atoms with E-state index in [2.05, 4.69) is 5.32 Å². The number of hydrogen-bond acceptors (Lipinski definition) is 2. The Hall–Kier alpha value is -3.07. The molecule has 6 heteroatoms. The molecule has 0 bridgehead atoms. The van der Waals surface area contributed by atoms with Gasteiger partial charge < -0.3 is 5.32 Å². The minimum atomic E-state index is -4.60. The Labute approximate surface area is 137 Å². The highest BCUT2D eigenvalue weighted by Crippen LogP contribution is 2.34. The van der Waals surface area contributed by atoms with Gasteiger partial charge in [-0.1, -0.05) is 42.0 Å². The van der Waals surface area contributed by atoms with E-state index in [1.807, 2.05) is 6.92 Å². The van der Waals surface area contributed by atoms with Crippen molar-refractivity contribution in [3.8, 4) is 6.07 Å². The predicted molar refractivity (Wildman–Crippen MR) is 84.8 cm³/mol. The Morgan fingerprint density at radius 3 is 2.33 bits per heavy atom. The number of nitrogens with zero attached hydrogens (tertiary/aromatic N) is 1. The molecular formula is C18H13F3N2O. The van der Waals surface area contributed by atoms with Crippen LogP contribution in [0.4, 0.5) is 18.9 Å². The molecule has 0 saturated heterocycles.